The number of aromatic amines is 1. The predicted molar refractivity (Wildman–Crippen MR) is 119 cm³/mol. The number of hydrogen-bond donors (Lipinski definition) is 1. The van der Waals surface area contributed by atoms with E-state index in [2.05, 4.69) is 15.2 Å². The van der Waals surface area contributed by atoms with E-state index in [4.69, 9.17) is 23.9 Å². The van der Waals surface area contributed by atoms with Crippen LogP contribution < -0.4 is 18.9 Å². The van der Waals surface area contributed by atoms with Gasteiger partial charge in [0.1, 0.15) is 18.2 Å². The minimum atomic E-state index is 0.377. The van der Waals surface area contributed by atoms with E-state index in [0.717, 1.165) is 28.1 Å². The van der Waals surface area contributed by atoms with Crippen LogP contribution in [0.1, 0.15) is 17.0 Å². The summed E-state index contributed by atoms with van der Waals surface area (Å²) in [4.78, 5) is 9.33. The van der Waals surface area contributed by atoms with Crippen molar-refractivity contribution in [2.45, 2.75) is 13.0 Å². The van der Waals surface area contributed by atoms with Gasteiger partial charge in [0.15, 0.2) is 11.5 Å². The Morgan fingerprint density at radius 1 is 0.812 bits per heavy atom. The Morgan fingerprint density at radius 2 is 1.59 bits per heavy atom. The zero-order chi connectivity index (χ0) is 22.3. The number of nitrogens with zero attached hydrogens (tertiary/aromatic N) is 3. The van der Waals surface area contributed by atoms with Gasteiger partial charge >= 0.3 is 0 Å². The second-order valence-corrected chi connectivity index (χ2v) is 7.00. The van der Waals surface area contributed by atoms with Crippen LogP contribution in [0, 0.1) is 0 Å². The lowest BCUT2D eigenvalue weighted by Gasteiger charge is -2.11. The van der Waals surface area contributed by atoms with Crippen molar-refractivity contribution in [1.82, 2.24) is 20.2 Å². The molecule has 2 aromatic heterocycles. The normalized spacial score (nSPS) is 10.6. The van der Waals surface area contributed by atoms with Crippen LogP contribution in [0.5, 0.6) is 23.1 Å². The molecule has 4 aromatic rings. The Bertz CT molecular complexity index is 1160. The molecule has 4 rings (SSSR count). The molecular weight excluding hydrogens is 408 g/mol. The smallest absolute Gasteiger partial charge is 0.217 e. The summed E-state index contributed by atoms with van der Waals surface area (Å²) in [5, 5.41) is 6.84. The first-order valence-electron chi connectivity index (χ1n) is 10.0. The van der Waals surface area contributed by atoms with E-state index < -0.39 is 0 Å². The minimum absolute atomic E-state index is 0.377. The molecule has 0 saturated carbocycles. The van der Waals surface area contributed by atoms with E-state index in [1.165, 1.54) is 0 Å². The molecule has 0 aliphatic rings. The minimum Gasteiger partial charge on any atom is -0.497 e. The highest BCUT2D eigenvalue weighted by molar-refractivity contribution is 5.58. The average Bonchev–Trinajstić information content (AvgIpc) is 3.38. The van der Waals surface area contributed by atoms with Gasteiger partial charge in [-0.2, -0.15) is 10.1 Å². The van der Waals surface area contributed by atoms with Gasteiger partial charge in [0.05, 0.1) is 33.2 Å². The van der Waals surface area contributed by atoms with Crippen molar-refractivity contribution in [3.8, 4) is 34.4 Å². The summed E-state index contributed by atoms with van der Waals surface area (Å²) in [6.45, 7) is 0.377. The van der Waals surface area contributed by atoms with Gasteiger partial charge in [-0.1, -0.05) is 18.2 Å². The second kappa shape index (κ2) is 9.82. The van der Waals surface area contributed by atoms with Crippen LogP contribution in [0.4, 0.5) is 0 Å². The summed E-state index contributed by atoms with van der Waals surface area (Å²) >= 11 is 0. The van der Waals surface area contributed by atoms with Crippen LogP contribution in [-0.4, -0.2) is 41.5 Å². The fourth-order valence-corrected chi connectivity index (χ4v) is 3.22. The molecule has 0 aliphatic heterocycles. The molecule has 0 aliphatic carbocycles. The van der Waals surface area contributed by atoms with Crippen molar-refractivity contribution in [3.05, 3.63) is 77.9 Å². The Balaban J connectivity index is 1.59. The number of methoxy groups -OCH3 is 3. The van der Waals surface area contributed by atoms with Gasteiger partial charge in [-0.3, -0.25) is 5.10 Å². The van der Waals surface area contributed by atoms with Crippen LogP contribution in [0.3, 0.4) is 0 Å². The Kier molecular flexibility index (Phi) is 6.50. The number of hydrogen-bond acceptors (Lipinski definition) is 7. The molecule has 2 aromatic carbocycles. The molecule has 0 unspecified atom stereocenters. The van der Waals surface area contributed by atoms with Crippen molar-refractivity contribution in [3.63, 3.8) is 0 Å². The first-order valence-corrected chi connectivity index (χ1v) is 10.0. The molecule has 8 heteroatoms. The van der Waals surface area contributed by atoms with Gasteiger partial charge in [-0.05, 0) is 35.4 Å². The number of ether oxygens (including phenoxy) is 4. The molecule has 164 valence electrons. The van der Waals surface area contributed by atoms with Crippen molar-refractivity contribution in [2.24, 2.45) is 0 Å². The molecular formula is C24H24N4O4. The molecule has 0 fully saturated rings. The van der Waals surface area contributed by atoms with Crippen LogP contribution in [-0.2, 0) is 13.0 Å². The van der Waals surface area contributed by atoms with Gasteiger partial charge in [0, 0.05) is 24.2 Å². The quantitative estimate of drug-likeness (QED) is 0.426. The third-order valence-corrected chi connectivity index (χ3v) is 4.90. The largest absolute Gasteiger partial charge is 0.497 e. The molecule has 1 N–H and O–H groups in total. The topological polar surface area (TPSA) is 91.4 Å². The van der Waals surface area contributed by atoms with E-state index in [0.29, 0.717) is 36.2 Å². The molecule has 0 amide bonds. The van der Waals surface area contributed by atoms with Crippen molar-refractivity contribution in [1.29, 1.82) is 0 Å². The number of aromatic nitrogens is 4. The number of rotatable bonds is 9. The maximum Gasteiger partial charge on any atom is 0.217 e. The van der Waals surface area contributed by atoms with Gasteiger partial charge < -0.3 is 18.9 Å². The molecule has 0 saturated heterocycles. The summed E-state index contributed by atoms with van der Waals surface area (Å²) in [6, 6.07) is 15.3. The maximum atomic E-state index is 6.00. The molecule has 2 heterocycles. The molecule has 32 heavy (non-hydrogen) atoms. The van der Waals surface area contributed by atoms with Crippen LogP contribution >= 0.6 is 0 Å². The molecule has 0 radical (unpaired) electrons. The van der Waals surface area contributed by atoms with Gasteiger partial charge in [0.2, 0.25) is 5.88 Å². The first kappa shape index (κ1) is 21.2. The summed E-state index contributed by atoms with van der Waals surface area (Å²) in [6.07, 6.45) is 4.01. The Hall–Kier alpha value is -4.07. The Morgan fingerprint density at radius 3 is 2.28 bits per heavy atom. The summed E-state index contributed by atoms with van der Waals surface area (Å²) in [5.41, 5.74) is 3.59. The Labute approximate surface area is 186 Å². The molecule has 0 atom stereocenters. The zero-order valence-electron chi connectivity index (χ0n) is 18.2. The monoisotopic (exact) mass is 432 g/mol. The lowest BCUT2D eigenvalue weighted by molar-refractivity contribution is 0.292. The fraction of sp³-hybridized carbons (Fsp3) is 0.208. The third kappa shape index (κ3) is 4.97. The van der Waals surface area contributed by atoms with Crippen LogP contribution in [0.2, 0.25) is 0 Å². The van der Waals surface area contributed by atoms with Gasteiger partial charge in [-0.25, -0.2) is 4.98 Å². The molecule has 0 bridgehead atoms. The standard InChI is InChI=1S/C24H24N4O4/c1-29-19-7-4-16(5-8-19)15-32-24-12-20(18-13-25-26-14-18)27-23(28-24)11-17-6-9-21(30-2)22(10-17)31-3/h4-10,12-14H,11,15H2,1-3H3,(H,25,26). The van der Waals surface area contributed by atoms with Crippen molar-refractivity contribution < 1.29 is 18.9 Å². The average molecular weight is 432 g/mol. The second-order valence-electron chi connectivity index (χ2n) is 7.00. The third-order valence-electron chi connectivity index (χ3n) is 4.90. The number of H-pyrrole nitrogens is 1. The number of benzene rings is 2. The maximum absolute atomic E-state index is 6.00. The number of nitrogens with one attached hydrogen (secondary N) is 1. The highest BCUT2D eigenvalue weighted by atomic mass is 16.5. The molecule has 8 nitrogen and oxygen atoms in total. The molecule has 0 spiro atoms. The zero-order valence-corrected chi connectivity index (χ0v) is 18.2. The highest BCUT2D eigenvalue weighted by Crippen LogP contribution is 2.29. The van der Waals surface area contributed by atoms with Crippen LogP contribution in [0.15, 0.2) is 60.9 Å². The van der Waals surface area contributed by atoms with E-state index >= 15 is 0 Å². The lowest BCUT2D eigenvalue weighted by atomic mass is 10.1. The lowest BCUT2D eigenvalue weighted by Crippen LogP contribution is -2.04. The van der Waals surface area contributed by atoms with E-state index in [1.807, 2.05) is 48.5 Å². The fourth-order valence-electron chi connectivity index (χ4n) is 3.22. The summed E-state index contributed by atoms with van der Waals surface area (Å²) < 4.78 is 21.9. The SMILES string of the molecule is COc1ccc(COc2cc(-c3cn[nH]c3)nc(Cc3ccc(OC)c(OC)c3)n2)cc1. The summed E-state index contributed by atoms with van der Waals surface area (Å²) in [7, 11) is 4.87. The van der Waals surface area contributed by atoms with Crippen molar-refractivity contribution >= 4 is 0 Å². The van der Waals surface area contributed by atoms with E-state index in [1.54, 1.807) is 33.7 Å². The van der Waals surface area contributed by atoms with Gasteiger partial charge in [-0.15, -0.1) is 0 Å². The van der Waals surface area contributed by atoms with E-state index in [-0.39, 0.29) is 0 Å². The van der Waals surface area contributed by atoms with Crippen LogP contribution in [0.25, 0.3) is 11.3 Å². The predicted octanol–water partition coefficient (Wildman–Crippen LogP) is 4.06. The van der Waals surface area contributed by atoms with Crippen molar-refractivity contribution in [2.75, 3.05) is 21.3 Å². The van der Waals surface area contributed by atoms with Gasteiger partial charge in [0.25, 0.3) is 0 Å². The summed E-state index contributed by atoms with van der Waals surface area (Å²) in [5.74, 6) is 3.25. The highest BCUT2D eigenvalue weighted by Gasteiger charge is 2.12. The first-order chi connectivity index (χ1) is 15.7. The van der Waals surface area contributed by atoms with E-state index in [9.17, 15) is 0 Å².